The van der Waals surface area contributed by atoms with Gasteiger partial charge in [0, 0.05) is 11.6 Å². The molecule has 0 radical (unpaired) electrons. The molecule has 0 saturated heterocycles. The largest absolute Gasteiger partial charge is 0.383 e. The maximum Gasteiger partial charge on any atom is 0.142 e. The second-order valence-corrected chi connectivity index (χ2v) is 4.44. The molecule has 0 aromatic carbocycles. The number of rotatable bonds is 0. The van der Waals surface area contributed by atoms with Gasteiger partial charge in [-0.1, -0.05) is 0 Å². The van der Waals surface area contributed by atoms with E-state index in [1.165, 1.54) is 18.3 Å². The lowest BCUT2D eigenvalue weighted by Gasteiger charge is -1.93. The van der Waals surface area contributed by atoms with Crippen molar-refractivity contribution in [2.45, 2.75) is 0 Å². The number of hydrogen-bond donors (Lipinski definition) is 2. The summed E-state index contributed by atoms with van der Waals surface area (Å²) in [5.74, 6) is -0.389. The van der Waals surface area contributed by atoms with Crippen molar-refractivity contribution in [3.63, 3.8) is 0 Å². The van der Waals surface area contributed by atoms with Crippen LogP contribution in [0.15, 0.2) is 41.3 Å². The van der Waals surface area contributed by atoms with Crippen LogP contribution in [0.2, 0.25) is 0 Å². The number of nitrogens with zero attached hydrogens (tertiary/aromatic N) is 2. The van der Waals surface area contributed by atoms with Crippen LogP contribution >= 0.6 is 15.9 Å². The van der Waals surface area contributed by atoms with Gasteiger partial charge in [0.2, 0.25) is 0 Å². The number of aromatic nitrogens is 3. The molecule has 0 aliphatic rings. The maximum absolute atomic E-state index is 12.4. The van der Waals surface area contributed by atoms with Crippen LogP contribution in [0.25, 0.3) is 11.0 Å². The van der Waals surface area contributed by atoms with Gasteiger partial charge in [-0.25, -0.2) is 18.7 Å². The zero-order valence-corrected chi connectivity index (χ0v) is 11.2. The maximum atomic E-state index is 12.4. The van der Waals surface area contributed by atoms with Crippen molar-refractivity contribution >= 4 is 32.8 Å². The van der Waals surface area contributed by atoms with Crippen LogP contribution in [0.4, 0.5) is 14.6 Å². The predicted molar refractivity (Wildman–Crippen MR) is 72.4 cm³/mol. The van der Waals surface area contributed by atoms with Crippen molar-refractivity contribution in [2.75, 3.05) is 5.73 Å². The summed E-state index contributed by atoms with van der Waals surface area (Å²) in [5, 5.41) is 0.806. The third-order valence-corrected chi connectivity index (χ3v) is 2.84. The van der Waals surface area contributed by atoms with Crippen LogP contribution in [-0.4, -0.2) is 15.0 Å². The van der Waals surface area contributed by atoms with Crippen molar-refractivity contribution in [3.8, 4) is 0 Å². The minimum atomic E-state index is -0.393. The van der Waals surface area contributed by atoms with E-state index in [1.54, 1.807) is 12.3 Å². The number of anilines is 1. The van der Waals surface area contributed by atoms with Crippen LogP contribution in [0.1, 0.15) is 0 Å². The third-order valence-electron chi connectivity index (χ3n) is 2.20. The number of hydrogen-bond acceptors (Lipinski definition) is 3. The monoisotopic (exact) mass is 326 g/mol. The minimum absolute atomic E-state index is 0.299. The summed E-state index contributed by atoms with van der Waals surface area (Å²) in [6.45, 7) is 0. The number of fused-ring (bicyclic) bond motifs is 1. The molecule has 0 unspecified atom stereocenters. The highest BCUT2D eigenvalue weighted by Crippen LogP contribution is 2.16. The molecule has 19 heavy (non-hydrogen) atoms. The van der Waals surface area contributed by atoms with Crippen molar-refractivity contribution in [1.29, 1.82) is 0 Å². The summed E-state index contributed by atoms with van der Waals surface area (Å²) in [4.78, 5) is 10.2. The normalized spacial score (nSPS) is 10.1. The lowest BCUT2D eigenvalue weighted by Crippen LogP contribution is -1.91. The highest BCUT2D eigenvalue weighted by molar-refractivity contribution is 9.10. The number of nitrogen functional groups attached to an aromatic ring is 1. The number of aromatic amines is 1. The fraction of sp³-hybridized carbons (Fsp3) is 0. The summed E-state index contributed by atoms with van der Waals surface area (Å²) in [6, 6.07) is 4.49. The van der Waals surface area contributed by atoms with Gasteiger partial charge in [0.05, 0.1) is 16.9 Å². The summed E-state index contributed by atoms with van der Waals surface area (Å²) in [6.07, 6.45) is 4.00. The zero-order valence-electron chi connectivity index (χ0n) is 9.57. The molecule has 0 aliphatic carbocycles. The van der Waals surface area contributed by atoms with Crippen LogP contribution in [0, 0.1) is 11.6 Å². The molecule has 3 aromatic heterocycles. The topological polar surface area (TPSA) is 67.6 Å². The molecule has 3 rings (SSSR count). The molecule has 4 nitrogen and oxygen atoms in total. The van der Waals surface area contributed by atoms with Gasteiger partial charge in [0.15, 0.2) is 0 Å². The van der Waals surface area contributed by atoms with Crippen LogP contribution < -0.4 is 5.73 Å². The van der Waals surface area contributed by atoms with Crippen LogP contribution in [0.3, 0.4) is 0 Å². The number of nitrogens with two attached hydrogens (primary N) is 1. The summed E-state index contributed by atoms with van der Waals surface area (Å²) >= 11 is 3.02. The second kappa shape index (κ2) is 5.75. The molecule has 0 aliphatic heterocycles. The molecule has 0 spiro atoms. The van der Waals surface area contributed by atoms with Crippen LogP contribution in [0.5, 0.6) is 0 Å². The Labute approximate surface area is 115 Å². The Hall–Kier alpha value is -2.02. The van der Waals surface area contributed by atoms with Gasteiger partial charge in [-0.2, -0.15) is 0 Å². The fourth-order valence-electron chi connectivity index (χ4n) is 1.34. The molecule has 3 N–H and O–H groups in total. The highest BCUT2D eigenvalue weighted by Gasteiger charge is 1.96. The van der Waals surface area contributed by atoms with E-state index in [2.05, 4.69) is 30.9 Å². The standard InChI is InChI=1S/C7H5FN2.C5H4BrFN2/c8-6-3-5-1-2-9-7(5)10-4-6;6-4-1-3(7)2-9-5(4)8/h1-4H,(H,9,10);1-2H,(H2,8,9). The third kappa shape index (κ3) is 3.47. The van der Waals surface area contributed by atoms with Crippen LogP contribution in [-0.2, 0) is 0 Å². The van der Waals surface area contributed by atoms with E-state index in [-0.39, 0.29) is 5.82 Å². The van der Waals surface area contributed by atoms with Gasteiger partial charge in [-0.15, -0.1) is 0 Å². The zero-order chi connectivity index (χ0) is 13.8. The molecule has 0 saturated carbocycles. The first-order valence-electron chi connectivity index (χ1n) is 5.21. The van der Waals surface area contributed by atoms with E-state index in [9.17, 15) is 8.78 Å². The molecule has 3 aromatic rings. The van der Waals surface area contributed by atoms with E-state index >= 15 is 0 Å². The summed E-state index contributed by atoms with van der Waals surface area (Å²) in [5.41, 5.74) is 5.99. The lowest BCUT2D eigenvalue weighted by molar-refractivity contribution is 0.621. The molecule has 7 heteroatoms. The first-order chi connectivity index (χ1) is 9.06. The Bertz CT molecular complexity index is 699. The van der Waals surface area contributed by atoms with Crippen molar-refractivity contribution in [3.05, 3.63) is 52.9 Å². The molecule has 0 fully saturated rings. The SMILES string of the molecule is Fc1cnc2[nH]ccc2c1.Nc1ncc(F)cc1Br. The Morgan fingerprint density at radius 2 is 1.79 bits per heavy atom. The molecular weight excluding hydrogens is 318 g/mol. The van der Waals surface area contributed by atoms with Crippen molar-refractivity contribution < 1.29 is 8.78 Å². The number of H-pyrrole nitrogens is 1. The predicted octanol–water partition coefficient (Wildman–Crippen LogP) is 3.27. The molecular formula is C12H9BrF2N4. The van der Waals surface area contributed by atoms with Crippen molar-refractivity contribution in [2.24, 2.45) is 0 Å². The Kier molecular flexibility index (Phi) is 4.06. The number of pyridine rings is 2. The average Bonchev–Trinajstić information content (AvgIpc) is 2.82. The van der Waals surface area contributed by atoms with E-state index < -0.39 is 5.82 Å². The van der Waals surface area contributed by atoms with Crippen molar-refractivity contribution in [1.82, 2.24) is 15.0 Å². The van der Waals surface area contributed by atoms with E-state index in [1.807, 2.05) is 0 Å². The molecule has 98 valence electrons. The van der Waals surface area contributed by atoms with Gasteiger partial charge < -0.3 is 10.7 Å². The Morgan fingerprint density at radius 3 is 2.47 bits per heavy atom. The van der Waals surface area contributed by atoms with Gasteiger partial charge in [0.25, 0.3) is 0 Å². The van der Waals surface area contributed by atoms with E-state index in [0.717, 1.165) is 17.2 Å². The second-order valence-electron chi connectivity index (χ2n) is 3.59. The number of nitrogens with one attached hydrogen (secondary N) is 1. The smallest absolute Gasteiger partial charge is 0.142 e. The summed E-state index contributed by atoms with van der Waals surface area (Å²) in [7, 11) is 0. The highest BCUT2D eigenvalue weighted by atomic mass is 79.9. The Balaban J connectivity index is 0.000000141. The minimum Gasteiger partial charge on any atom is -0.383 e. The Morgan fingerprint density at radius 1 is 1.11 bits per heavy atom. The molecule has 0 bridgehead atoms. The molecule has 0 amide bonds. The molecule has 0 atom stereocenters. The number of halogens is 3. The van der Waals surface area contributed by atoms with Gasteiger partial charge >= 0.3 is 0 Å². The van der Waals surface area contributed by atoms with E-state index in [4.69, 9.17) is 5.73 Å². The van der Waals surface area contributed by atoms with Gasteiger partial charge in [0.1, 0.15) is 23.1 Å². The first-order valence-corrected chi connectivity index (χ1v) is 6.00. The first kappa shape index (κ1) is 13.4. The lowest BCUT2D eigenvalue weighted by atomic mass is 10.3. The average molecular weight is 327 g/mol. The van der Waals surface area contributed by atoms with Gasteiger partial charge in [-0.05, 0) is 34.1 Å². The summed E-state index contributed by atoms with van der Waals surface area (Å²) < 4.78 is 25.1. The fourth-order valence-corrected chi connectivity index (χ4v) is 1.66. The van der Waals surface area contributed by atoms with E-state index in [0.29, 0.717) is 10.3 Å². The quantitative estimate of drug-likeness (QED) is 0.666. The van der Waals surface area contributed by atoms with Gasteiger partial charge in [-0.3, -0.25) is 0 Å². The molecule has 3 heterocycles.